The van der Waals surface area contributed by atoms with E-state index in [0.717, 1.165) is 29.9 Å². The summed E-state index contributed by atoms with van der Waals surface area (Å²) in [5.74, 6) is 0.243. The Balaban J connectivity index is 1.82. The van der Waals surface area contributed by atoms with Crippen molar-refractivity contribution < 1.29 is 4.79 Å². The molecular formula is C16H16N2O. The van der Waals surface area contributed by atoms with Crippen molar-refractivity contribution in [3.8, 4) is 11.3 Å². The van der Waals surface area contributed by atoms with E-state index in [4.69, 9.17) is 0 Å². The van der Waals surface area contributed by atoms with Crippen molar-refractivity contribution in [2.45, 2.75) is 19.4 Å². The van der Waals surface area contributed by atoms with Gasteiger partial charge in [0.15, 0.2) is 0 Å². The van der Waals surface area contributed by atoms with E-state index >= 15 is 0 Å². The van der Waals surface area contributed by atoms with Crippen LogP contribution in [0.1, 0.15) is 18.5 Å². The predicted molar refractivity (Wildman–Crippen MR) is 74.3 cm³/mol. The molecule has 0 atom stereocenters. The zero-order chi connectivity index (χ0) is 13.1. The number of carbonyl (C=O) groups is 1. The summed E-state index contributed by atoms with van der Waals surface area (Å²) in [6.07, 6.45) is 1.65. The van der Waals surface area contributed by atoms with Crippen molar-refractivity contribution in [1.29, 1.82) is 0 Å². The second-order valence-corrected chi connectivity index (χ2v) is 4.80. The number of hydrogen-bond acceptors (Lipinski definition) is 2. The molecule has 1 amide bonds. The molecule has 0 bridgehead atoms. The molecule has 1 aliphatic heterocycles. The molecule has 96 valence electrons. The molecule has 3 rings (SSSR count). The summed E-state index contributed by atoms with van der Waals surface area (Å²) in [5, 5.41) is 0. The zero-order valence-corrected chi connectivity index (χ0v) is 10.7. The number of likely N-dealkylation sites (tertiary alicyclic amines) is 1. The second-order valence-electron chi connectivity index (χ2n) is 4.80. The number of pyridine rings is 1. The molecule has 0 radical (unpaired) electrons. The van der Waals surface area contributed by atoms with Crippen molar-refractivity contribution in [1.82, 2.24) is 9.88 Å². The lowest BCUT2D eigenvalue weighted by molar-refractivity contribution is -0.128. The fourth-order valence-electron chi connectivity index (χ4n) is 2.40. The van der Waals surface area contributed by atoms with Crippen LogP contribution in [0.5, 0.6) is 0 Å². The van der Waals surface area contributed by atoms with Crippen LogP contribution in [-0.4, -0.2) is 22.3 Å². The minimum Gasteiger partial charge on any atom is -0.337 e. The van der Waals surface area contributed by atoms with Gasteiger partial charge in [-0.15, -0.1) is 0 Å². The fraction of sp³-hybridized carbons (Fsp3) is 0.250. The molecule has 1 saturated heterocycles. The Hall–Kier alpha value is -2.16. The first-order valence-corrected chi connectivity index (χ1v) is 6.62. The van der Waals surface area contributed by atoms with E-state index in [2.05, 4.69) is 4.98 Å². The highest BCUT2D eigenvalue weighted by Crippen LogP contribution is 2.18. The Morgan fingerprint density at radius 1 is 1.05 bits per heavy atom. The molecule has 0 aliphatic carbocycles. The Morgan fingerprint density at radius 2 is 1.89 bits per heavy atom. The van der Waals surface area contributed by atoms with Gasteiger partial charge in [0, 0.05) is 18.5 Å². The molecule has 3 nitrogen and oxygen atoms in total. The lowest BCUT2D eigenvalue weighted by atomic mass is 10.1. The summed E-state index contributed by atoms with van der Waals surface area (Å²) < 4.78 is 0. The van der Waals surface area contributed by atoms with Crippen LogP contribution in [0.3, 0.4) is 0 Å². The van der Waals surface area contributed by atoms with Crippen molar-refractivity contribution in [2.75, 3.05) is 6.54 Å². The van der Waals surface area contributed by atoms with Gasteiger partial charge in [-0.05, 0) is 18.6 Å². The zero-order valence-electron chi connectivity index (χ0n) is 10.7. The van der Waals surface area contributed by atoms with Crippen LogP contribution in [0, 0.1) is 0 Å². The SMILES string of the molecule is O=C1CCCN1Cc1cccc(-c2ccccc2)n1. The first-order valence-electron chi connectivity index (χ1n) is 6.62. The van der Waals surface area contributed by atoms with Gasteiger partial charge in [-0.1, -0.05) is 36.4 Å². The number of nitrogens with zero attached hydrogens (tertiary/aromatic N) is 2. The number of rotatable bonds is 3. The van der Waals surface area contributed by atoms with Gasteiger partial charge in [0.1, 0.15) is 0 Å². The molecule has 1 fully saturated rings. The Labute approximate surface area is 112 Å². The molecule has 1 aliphatic rings. The summed E-state index contributed by atoms with van der Waals surface area (Å²) in [7, 11) is 0. The first-order chi connectivity index (χ1) is 9.33. The predicted octanol–water partition coefficient (Wildman–Crippen LogP) is 2.87. The van der Waals surface area contributed by atoms with Crippen molar-refractivity contribution in [3.63, 3.8) is 0 Å². The van der Waals surface area contributed by atoms with Gasteiger partial charge in [-0.3, -0.25) is 9.78 Å². The van der Waals surface area contributed by atoms with E-state index in [-0.39, 0.29) is 5.91 Å². The largest absolute Gasteiger partial charge is 0.337 e. The van der Waals surface area contributed by atoms with Crippen LogP contribution in [-0.2, 0) is 11.3 Å². The maximum atomic E-state index is 11.6. The van der Waals surface area contributed by atoms with Crippen LogP contribution in [0.4, 0.5) is 0 Å². The summed E-state index contributed by atoms with van der Waals surface area (Å²) >= 11 is 0. The van der Waals surface area contributed by atoms with Gasteiger partial charge in [0.2, 0.25) is 5.91 Å². The summed E-state index contributed by atoms with van der Waals surface area (Å²) in [6, 6.07) is 16.1. The Kier molecular flexibility index (Phi) is 3.27. The number of hydrogen-bond donors (Lipinski definition) is 0. The lowest BCUT2D eigenvalue weighted by Gasteiger charge is -2.15. The molecule has 3 heteroatoms. The maximum absolute atomic E-state index is 11.6. The third kappa shape index (κ3) is 2.65. The average Bonchev–Trinajstić information content (AvgIpc) is 2.86. The molecule has 2 heterocycles. The highest BCUT2D eigenvalue weighted by atomic mass is 16.2. The molecule has 2 aromatic rings. The molecule has 1 aromatic carbocycles. The lowest BCUT2D eigenvalue weighted by Crippen LogP contribution is -2.24. The maximum Gasteiger partial charge on any atom is 0.222 e. The molecule has 0 unspecified atom stereocenters. The van der Waals surface area contributed by atoms with Crippen LogP contribution in [0.2, 0.25) is 0 Å². The Morgan fingerprint density at radius 3 is 2.63 bits per heavy atom. The fourth-order valence-corrected chi connectivity index (χ4v) is 2.40. The van der Waals surface area contributed by atoms with Crippen LogP contribution in [0.15, 0.2) is 48.5 Å². The van der Waals surface area contributed by atoms with Crippen molar-refractivity contribution in [3.05, 3.63) is 54.2 Å². The minimum atomic E-state index is 0.243. The van der Waals surface area contributed by atoms with Gasteiger partial charge >= 0.3 is 0 Å². The highest BCUT2D eigenvalue weighted by Gasteiger charge is 2.20. The molecular weight excluding hydrogens is 236 g/mol. The number of carbonyl (C=O) groups excluding carboxylic acids is 1. The monoisotopic (exact) mass is 252 g/mol. The van der Waals surface area contributed by atoms with E-state index in [1.165, 1.54) is 0 Å². The first kappa shape index (κ1) is 11.9. The smallest absolute Gasteiger partial charge is 0.222 e. The highest BCUT2D eigenvalue weighted by molar-refractivity contribution is 5.78. The van der Waals surface area contributed by atoms with E-state index < -0.39 is 0 Å². The third-order valence-electron chi connectivity index (χ3n) is 3.40. The molecule has 0 saturated carbocycles. The van der Waals surface area contributed by atoms with Gasteiger partial charge < -0.3 is 4.90 Å². The summed E-state index contributed by atoms with van der Waals surface area (Å²) in [5.41, 5.74) is 3.03. The molecule has 0 N–H and O–H groups in total. The molecule has 1 aromatic heterocycles. The minimum absolute atomic E-state index is 0.243. The number of aromatic nitrogens is 1. The van der Waals surface area contributed by atoms with Gasteiger partial charge in [-0.2, -0.15) is 0 Å². The van der Waals surface area contributed by atoms with Gasteiger partial charge in [-0.25, -0.2) is 0 Å². The molecule has 19 heavy (non-hydrogen) atoms. The van der Waals surface area contributed by atoms with Crippen LogP contribution >= 0.6 is 0 Å². The quantitative estimate of drug-likeness (QED) is 0.841. The van der Waals surface area contributed by atoms with Crippen LogP contribution < -0.4 is 0 Å². The summed E-state index contributed by atoms with van der Waals surface area (Å²) in [4.78, 5) is 18.2. The normalized spacial score (nSPS) is 14.9. The van der Waals surface area contributed by atoms with E-state index in [0.29, 0.717) is 13.0 Å². The Bertz CT molecular complexity index is 580. The third-order valence-corrected chi connectivity index (χ3v) is 3.40. The van der Waals surface area contributed by atoms with E-state index in [9.17, 15) is 4.79 Å². The van der Waals surface area contributed by atoms with Crippen molar-refractivity contribution >= 4 is 5.91 Å². The van der Waals surface area contributed by atoms with E-state index in [1.807, 2.05) is 53.4 Å². The number of benzene rings is 1. The van der Waals surface area contributed by atoms with E-state index in [1.54, 1.807) is 0 Å². The van der Waals surface area contributed by atoms with Gasteiger partial charge in [0.25, 0.3) is 0 Å². The molecule has 0 spiro atoms. The van der Waals surface area contributed by atoms with Crippen LogP contribution in [0.25, 0.3) is 11.3 Å². The summed E-state index contributed by atoms with van der Waals surface area (Å²) in [6.45, 7) is 1.48. The standard InChI is InChI=1S/C16H16N2O/c19-16-10-5-11-18(16)12-14-8-4-9-15(17-14)13-6-2-1-3-7-13/h1-4,6-9H,5,10-12H2. The van der Waals surface area contributed by atoms with Gasteiger partial charge in [0.05, 0.1) is 17.9 Å². The second kappa shape index (κ2) is 5.22. The topological polar surface area (TPSA) is 33.2 Å². The average molecular weight is 252 g/mol. The number of amides is 1. The van der Waals surface area contributed by atoms with Crippen molar-refractivity contribution in [2.24, 2.45) is 0 Å².